The normalized spacial score (nSPS) is 22.8. The third kappa shape index (κ3) is 5.17. The largest absolute Gasteiger partial charge is 0.353 e. The summed E-state index contributed by atoms with van der Waals surface area (Å²) >= 11 is 1.91. The summed E-state index contributed by atoms with van der Waals surface area (Å²) in [5.41, 5.74) is 0. The molecular weight excluding hydrogens is 324 g/mol. The van der Waals surface area contributed by atoms with Gasteiger partial charge in [0.25, 0.3) is 0 Å². The van der Waals surface area contributed by atoms with Gasteiger partial charge in [-0.25, -0.2) is 4.68 Å². The standard InChI is InChI=1S/C16H28N6OS/c1-13-4-8-21(9-5-13)11-15-18-19-20-22(15)7-2-3-16(23)17-14-6-10-24-12-14/h13-14H,2-12H2,1H3,(H,17,23). The van der Waals surface area contributed by atoms with Gasteiger partial charge in [-0.15, -0.1) is 5.10 Å². The minimum absolute atomic E-state index is 0.155. The van der Waals surface area contributed by atoms with Gasteiger partial charge in [-0.2, -0.15) is 11.8 Å². The maximum atomic E-state index is 12.0. The molecule has 1 amide bonds. The highest BCUT2D eigenvalue weighted by Crippen LogP contribution is 2.18. The number of amides is 1. The molecule has 1 N–H and O–H groups in total. The summed E-state index contributed by atoms with van der Waals surface area (Å²) < 4.78 is 1.86. The second kappa shape index (κ2) is 8.80. The highest BCUT2D eigenvalue weighted by atomic mass is 32.2. The van der Waals surface area contributed by atoms with E-state index in [1.54, 1.807) is 0 Å². The summed E-state index contributed by atoms with van der Waals surface area (Å²) in [6.45, 7) is 6.08. The van der Waals surface area contributed by atoms with Crippen LogP contribution in [0.1, 0.15) is 44.9 Å². The molecule has 1 aromatic rings. The number of nitrogens with zero attached hydrogens (tertiary/aromatic N) is 5. The molecule has 1 unspecified atom stereocenters. The Morgan fingerprint density at radius 2 is 2.17 bits per heavy atom. The zero-order valence-electron chi connectivity index (χ0n) is 14.5. The fourth-order valence-electron chi connectivity index (χ4n) is 3.27. The first-order valence-corrected chi connectivity index (χ1v) is 10.2. The van der Waals surface area contributed by atoms with Gasteiger partial charge in [-0.05, 0) is 60.9 Å². The smallest absolute Gasteiger partial charge is 0.220 e. The van der Waals surface area contributed by atoms with Crippen LogP contribution in [0, 0.1) is 5.92 Å². The zero-order valence-corrected chi connectivity index (χ0v) is 15.3. The highest BCUT2D eigenvalue weighted by Gasteiger charge is 2.19. The third-order valence-electron chi connectivity index (χ3n) is 4.92. The molecule has 8 heteroatoms. The van der Waals surface area contributed by atoms with Crippen molar-refractivity contribution in [1.29, 1.82) is 0 Å². The van der Waals surface area contributed by atoms with Gasteiger partial charge in [-0.3, -0.25) is 9.69 Å². The number of carbonyl (C=O) groups excluding carboxylic acids is 1. The summed E-state index contributed by atoms with van der Waals surface area (Å²) in [7, 11) is 0. The third-order valence-corrected chi connectivity index (χ3v) is 6.08. The van der Waals surface area contributed by atoms with Gasteiger partial charge in [-0.1, -0.05) is 6.92 Å². The highest BCUT2D eigenvalue weighted by molar-refractivity contribution is 7.99. The number of piperidine rings is 1. The van der Waals surface area contributed by atoms with E-state index < -0.39 is 0 Å². The van der Waals surface area contributed by atoms with Crippen LogP contribution in [0.15, 0.2) is 0 Å². The fourth-order valence-corrected chi connectivity index (χ4v) is 4.42. The van der Waals surface area contributed by atoms with Crippen LogP contribution in [0.2, 0.25) is 0 Å². The van der Waals surface area contributed by atoms with E-state index in [9.17, 15) is 4.79 Å². The molecule has 0 radical (unpaired) electrons. The maximum absolute atomic E-state index is 12.0. The van der Waals surface area contributed by atoms with E-state index in [1.807, 2.05) is 16.4 Å². The van der Waals surface area contributed by atoms with Gasteiger partial charge < -0.3 is 5.32 Å². The lowest BCUT2D eigenvalue weighted by Gasteiger charge is -2.29. The molecular formula is C16H28N6OS. The second-order valence-electron chi connectivity index (χ2n) is 7.01. The minimum Gasteiger partial charge on any atom is -0.353 e. The number of aryl methyl sites for hydroxylation is 1. The first-order valence-electron chi connectivity index (χ1n) is 9.05. The number of thioether (sulfide) groups is 1. The van der Waals surface area contributed by atoms with E-state index >= 15 is 0 Å². The molecule has 3 heterocycles. The van der Waals surface area contributed by atoms with Crippen LogP contribution < -0.4 is 5.32 Å². The van der Waals surface area contributed by atoms with Crippen molar-refractivity contribution in [2.75, 3.05) is 24.6 Å². The van der Waals surface area contributed by atoms with Crippen molar-refractivity contribution in [2.24, 2.45) is 5.92 Å². The minimum atomic E-state index is 0.155. The molecule has 2 saturated heterocycles. The summed E-state index contributed by atoms with van der Waals surface area (Å²) in [6.07, 6.45) is 4.92. The molecule has 0 aliphatic carbocycles. The number of nitrogens with one attached hydrogen (secondary N) is 1. The van der Waals surface area contributed by atoms with Gasteiger partial charge in [0.15, 0.2) is 5.82 Å². The van der Waals surface area contributed by atoms with Crippen molar-refractivity contribution in [3.05, 3.63) is 5.82 Å². The van der Waals surface area contributed by atoms with Gasteiger partial charge in [0.1, 0.15) is 0 Å². The van der Waals surface area contributed by atoms with E-state index in [2.05, 4.69) is 32.7 Å². The van der Waals surface area contributed by atoms with Crippen LogP contribution in [0.3, 0.4) is 0 Å². The molecule has 2 fully saturated rings. The predicted octanol–water partition coefficient (Wildman–Crippen LogP) is 1.31. The van der Waals surface area contributed by atoms with Crippen LogP contribution in [-0.2, 0) is 17.9 Å². The van der Waals surface area contributed by atoms with Crippen LogP contribution >= 0.6 is 11.8 Å². The van der Waals surface area contributed by atoms with Crippen LogP contribution in [0.4, 0.5) is 0 Å². The van der Waals surface area contributed by atoms with Crippen molar-refractivity contribution in [2.45, 2.75) is 58.2 Å². The lowest BCUT2D eigenvalue weighted by atomic mass is 9.99. The topological polar surface area (TPSA) is 75.9 Å². The van der Waals surface area contributed by atoms with Crippen molar-refractivity contribution in [3.63, 3.8) is 0 Å². The van der Waals surface area contributed by atoms with E-state index in [0.717, 1.165) is 55.7 Å². The first kappa shape index (κ1) is 17.7. The Morgan fingerprint density at radius 1 is 1.33 bits per heavy atom. The monoisotopic (exact) mass is 352 g/mol. The molecule has 7 nitrogen and oxygen atoms in total. The fraction of sp³-hybridized carbons (Fsp3) is 0.875. The Hall–Kier alpha value is -1.15. The van der Waals surface area contributed by atoms with Gasteiger partial charge in [0, 0.05) is 24.8 Å². The molecule has 1 aromatic heterocycles. The van der Waals surface area contributed by atoms with E-state index in [0.29, 0.717) is 19.0 Å². The molecule has 134 valence electrons. The summed E-state index contributed by atoms with van der Waals surface area (Å²) in [6, 6.07) is 0.368. The Labute approximate surface area is 147 Å². The second-order valence-corrected chi connectivity index (χ2v) is 8.16. The lowest BCUT2D eigenvalue weighted by Crippen LogP contribution is -2.34. The number of rotatable bonds is 7. The number of carbonyl (C=O) groups is 1. The van der Waals surface area contributed by atoms with Crippen molar-refractivity contribution < 1.29 is 4.79 Å². The molecule has 0 saturated carbocycles. The number of hydrogen-bond acceptors (Lipinski definition) is 6. The summed E-state index contributed by atoms with van der Waals surface area (Å²) in [5.74, 6) is 4.11. The van der Waals surface area contributed by atoms with Gasteiger partial charge in [0.2, 0.25) is 5.91 Å². The Balaban J connectivity index is 1.39. The average molecular weight is 353 g/mol. The molecule has 1 atom stereocenters. The van der Waals surface area contributed by atoms with E-state index in [4.69, 9.17) is 0 Å². The van der Waals surface area contributed by atoms with Crippen LogP contribution in [0.5, 0.6) is 0 Å². The van der Waals surface area contributed by atoms with E-state index in [-0.39, 0.29) is 5.91 Å². The molecule has 2 aliphatic rings. The summed E-state index contributed by atoms with van der Waals surface area (Å²) in [5, 5.41) is 15.2. The predicted molar refractivity (Wildman–Crippen MR) is 94.6 cm³/mol. The number of likely N-dealkylation sites (tertiary alicyclic amines) is 1. The molecule has 0 aromatic carbocycles. The van der Waals surface area contributed by atoms with Crippen LogP contribution in [0.25, 0.3) is 0 Å². The number of tetrazole rings is 1. The van der Waals surface area contributed by atoms with Crippen LogP contribution in [-0.4, -0.2) is 61.7 Å². The van der Waals surface area contributed by atoms with Crippen molar-refractivity contribution >= 4 is 17.7 Å². The molecule has 3 rings (SSSR count). The maximum Gasteiger partial charge on any atom is 0.220 e. The quantitative estimate of drug-likeness (QED) is 0.797. The Morgan fingerprint density at radius 3 is 2.92 bits per heavy atom. The first-order chi connectivity index (χ1) is 11.7. The molecule has 0 spiro atoms. The number of aromatic nitrogens is 4. The van der Waals surface area contributed by atoms with E-state index in [1.165, 1.54) is 12.8 Å². The van der Waals surface area contributed by atoms with Crippen molar-refractivity contribution in [3.8, 4) is 0 Å². The molecule has 24 heavy (non-hydrogen) atoms. The van der Waals surface area contributed by atoms with Gasteiger partial charge >= 0.3 is 0 Å². The van der Waals surface area contributed by atoms with Crippen molar-refractivity contribution in [1.82, 2.24) is 30.4 Å². The molecule has 2 aliphatic heterocycles. The lowest BCUT2D eigenvalue weighted by molar-refractivity contribution is -0.121. The van der Waals surface area contributed by atoms with Gasteiger partial charge in [0.05, 0.1) is 6.54 Å². The zero-order chi connectivity index (χ0) is 16.8. The number of hydrogen-bond donors (Lipinski definition) is 1. The average Bonchev–Trinajstić information content (AvgIpc) is 3.22. The molecule has 0 bridgehead atoms. The Kier molecular flexibility index (Phi) is 6.48. The SMILES string of the molecule is CC1CCN(Cc2nnnn2CCCC(=O)NC2CCSC2)CC1. The Bertz CT molecular complexity index is 522. The summed E-state index contributed by atoms with van der Waals surface area (Å²) in [4.78, 5) is 14.4.